The van der Waals surface area contributed by atoms with Gasteiger partial charge >= 0.3 is 0 Å². The van der Waals surface area contributed by atoms with Gasteiger partial charge in [0.1, 0.15) is 5.75 Å². The molecule has 1 aromatic rings. The Balaban J connectivity index is 2.21. The van der Waals surface area contributed by atoms with Gasteiger partial charge in [0.25, 0.3) is 0 Å². The smallest absolute Gasteiger partial charge is 0.168 e. The zero-order valence-corrected chi connectivity index (χ0v) is 11.3. The van der Waals surface area contributed by atoms with Gasteiger partial charge in [0, 0.05) is 12.5 Å². The summed E-state index contributed by atoms with van der Waals surface area (Å²) in [7, 11) is 1.61. The first-order valence-corrected chi connectivity index (χ1v) is 6.47. The molecule has 1 fully saturated rings. The molecule has 0 amide bonds. The number of hydrogen-bond donors (Lipinski definition) is 1. The number of ketones is 1. The Morgan fingerprint density at radius 1 is 1.44 bits per heavy atom. The summed E-state index contributed by atoms with van der Waals surface area (Å²) in [5.74, 6) is 1.34. The van der Waals surface area contributed by atoms with Crippen molar-refractivity contribution < 1.29 is 9.53 Å². The number of ether oxygens (including phenoxy) is 1. The molecule has 1 aliphatic rings. The van der Waals surface area contributed by atoms with Crippen LogP contribution in [0.1, 0.15) is 40.7 Å². The average Bonchev–Trinajstić information content (AvgIpc) is 3.16. The number of aryl methyl sites for hydroxylation is 1. The summed E-state index contributed by atoms with van der Waals surface area (Å²) in [5.41, 5.74) is 8.84. The van der Waals surface area contributed by atoms with Crippen LogP contribution in [0.5, 0.6) is 5.75 Å². The number of nitrogens with two attached hydrogens (primary N) is 1. The minimum absolute atomic E-state index is 0.00353. The maximum absolute atomic E-state index is 12.3. The highest BCUT2D eigenvalue weighted by Gasteiger charge is 2.30. The molecule has 0 aromatic heterocycles. The van der Waals surface area contributed by atoms with Crippen LogP contribution in [0.15, 0.2) is 12.1 Å². The molecule has 2 N–H and O–H groups in total. The molecular weight excluding hydrogens is 226 g/mol. The normalized spacial score (nSPS) is 16.4. The predicted octanol–water partition coefficient (Wildman–Crippen LogP) is 2.62. The first-order chi connectivity index (χ1) is 8.54. The Labute approximate surface area is 108 Å². The Kier molecular flexibility index (Phi) is 3.71. The second-order valence-electron chi connectivity index (χ2n) is 5.22. The summed E-state index contributed by atoms with van der Waals surface area (Å²) in [6.45, 7) is 3.99. The van der Waals surface area contributed by atoms with Crippen molar-refractivity contribution in [2.75, 3.05) is 7.11 Å². The van der Waals surface area contributed by atoms with Gasteiger partial charge in [-0.05, 0) is 49.8 Å². The maximum Gasteiger partial charge on any atom is 0.168 e. The predicted molar refractivity (Wildman–Crippen MR) is 72.1 cm³/mol. The Hall–Kier alpha value is -1.35. The number of benzene rings is 1. The zero-order chi connectivity index (χ0) is 13.3. The standard InChI is InChI=1S/C15H21NO2/c1-9-4-7-12(15(18-3)10(9)2)14(17)8-13(16)11-5-6-11/h4,7,11,13H,5-6,8,16H2,1-3H3. The second-order valence-corrected chi connectivity index (χ2v) is 5.22. The van der Waals surface area contributed by atoms with Crippen LogP contribution in [0.3, 0.4) is 0 Å². The minimum Gasteiger partial charge on any atom is -0.496 e. The molecule has 98 valence electrons. The monoisotopic (exact) mass is 247 g/mol. The molecule has 0 heterocycles. The molecule has 18 heavy (non-hydrogen) atoms. The summed E-state index contributed by atoms with van der Waals surface area (Å²) in [5, 5.41) is 0. The van der Waals surface area contributed by atoms with Crippen molar-refractivity contribution in [3.8, 4) is 5.75 Å². The topological polar surface area (TPSA) is 52.3 Å². The lowest BCUT2D eigenvalue weighted by Crippen LogP contribution is -2.26. The van der Waals surface area contributed by atoms with Crippen LogP contribution in [-0.4, -0.2) is 18.9 Å². The van der Waals surface area contributed by atoms with Crippen molar-refractivity contribution in [3.63, 3.8) is 0 Å². The molecule has 3 nitrogen and oxygen atoms in total. The number of hydrogen-bond acceptors (Lipinski definition) is 3. The van der Waals surface area contributed by atoms with E-state index in [4.69, 9.17) is 10.5 Å². The van der Waals surface area contributed by atoms with Crippen LogP contribution in [0.4, 0.5) is 0 Å². The van der Waals surface area contributed by atoms with Gasteiger partial charge in [-0.25, -0.2) is 0 Å². The summed E-state index contributed by atoms with van der Waals surface area (Å²) in [4.78, 5) is 12.3. The van der Waals surface area contributed by atoms with Crippen LogP contribution in [0, 0.1) is 19.8 Å². The van der Waals surface area contributed by atoms with E-state index in [0.29, 0.717) is 23.7 Å². The Morgan fingerprint density at radius 2 is 2.11 bits per heavy atom. The molecule has 2 rings (SSSR count). The van der Waals surface area contributed by atoms with E-state index in [0.717, 1.165) is 11.1 Å². The van der Waals surface area contributed by atoms with Gasteiger partial charge in [-0.1, -0.05) is 6.07 Å². The maximum atomic E-state index is 12.3. The van der Waals surface area contributed by atoms with Crippen molar-refractivity contribution in [2.24, 2.45) is 11.7 Å². The van der Waals surface area contributed by atoms with Crippen molar-refractivity contribution in [1.82, 2.24) is 0 Å². The highest BCUT2D eigenvalue weighted by molar-refractivity contribution is 5.99. The minimum atomic E-state index is 0.00353. The molecule has 3 heteroatoms. The van der Waals surface area contributed by atoms with Gasteiger partial charge in [-0.3, -0.25) is 4.79 Å². The average molecular weight is 247 g/mol. The van der Waals surface area contributed by atoms with Crippen LogP contribution in [-0.2, 0) is 0 Å². The molecule has 0 aliphatic heterocycles. The lowest BCUT2D eigenvalue weighted by molar-refractivity contribution is 0.0968. The fraction of sp³-hybridized carbons (Fsp3) is 0.533. The molecule has 1 saturated carbocycles. The number of carbonyl (C=O) groups is 1. The van der Waals surface area contributed by atoms with Gasteiger partial charge in [0.05, 0.1) is 12.7 Å². The number of methoxy groups -OCH3 is 1. The fourth-order valence-corrected chi connectivity index (χ4v) is 2.29. The first-order valence-electron chi connectivity index (χ1n) is 6.47. The molecule has 1 atom stereocenters. The van der Waals surface area contributed by atoms with Crippen LogP contribution >= 0.6 is 0 Å². The SMILES string of the molecule is COc1c(C(=O)CC(N)C2CC2)ccc(C)c1C. The van der Waals surface area contributed by atoms with Crippen molar-refractivity contribution >= 4 is 5.78 Å². The van der Waals surface area contributed by atoms with E-state index in [1.807, 2.05) is 26.0 Å². The lowest BCUT2D eigenvalue weighted by atomic mass is 9.97. The highest BCUT2D eigenvalue weighted by atomic mass is 16.5. The molecule has 0 radical (unpaired) electrons. The largest absolute Gasteiger partial charge is 0.496 e. The highest BCUT2D eigenvalue weighted by Crippen LogP contribution is 2.34. The van der Waals surface area contributed by atoms with Crippen LogP contribution in [0.25, 0.3) is 0 Å². The third kappa shape index (κ3) is 2.56. The van der Waals surface area contributed by atoms with E-state index in [9.17, 15) is 4.79 Å². The van der Waals surface area contributed by atoms with E-state index >= 15 is 0 Å². The summed E-state index contributed by atoms with van der Waals surface area (Å²) in [6.07, 6.45) is 2.75. The van der Waals surface area contributed by atoms with Crippen molar-refractivity contribution in [2.45, 2.75) is 39.2 Å². The first kappa shape index (κ1) is 13.1. The van der Waals surface area contributed by atoms with E-state index in [1.54, 1.807) is 7.11 Å². The van der Waals surface area contributed by atoms with E-state index in [1.165, 1.54) is 12.8 Å². The van der Waals surface area contributed by atoms with E-state index in [2.05, 4.69) is 0 Å². The quantitative estimate of drug-likeness (QED) is 0.814. The Bertz CT molecular complexity index is 464. The molecule has 0 bridgehead atoms. The van der Waals surface area contributed by atoms with E-state index in [-0.39, 0.29) is 11.8 Å². The second kappa shape index (κ2) is 5.11. The zero-order valence-electron chi connectivity index (χ0n) is 11.3. The molecule has 1 aliphatic carbocycles. The van der Waals surface area contributed by atoms with Gasteiger partial charge in [0.15, 0.2) is 5.78 Å². The molecule has 0 spiro atoms. The van der Waals surface area contributed by atoms with Crippen molar-refractivity contribution in [1.29, 1.82) is 0 Å². The van der Waals surface area contributed by atoms with Gasteiger partial charge in [0.2, 0.25) is 0 Å². The molecule has 1 aromatic carbocycles. The van der Waals surface area contributed by atoms with Crippen molar-refractivity contribution in [3.05, 3.63) is 28.8 Å². The van der Waals surface area contributed by atoms with Gasteiger partial charge in [-0.15, -0.1) is 0 Å². The molecule has 1 unspecified atom stereocenters. The van der Waals surface area contributed by atoms with Crippen LogP contribution in [0.2, 0.25) is 0 Å². The Morgan fingerprint density at radius 3 is 2.67 bits per heavy atom. The number of carbonyl (C=O) groups excluding carboxylic acids is 1. The number of rotatable bonds is 5. The third-order valence-electron chi connectivity index (χ3n) is 3.83. The van der Waals surface area contributed by atoms with Gasteiger partial charge in [-0.2, -0.15) is 0 Å². The molecule has 0 saturated heterocycles. The third-order valence-corrected chi connectivity index (χ3v) is 3.83. The lowest BCUT2D eigenvalue weighted by Gasteiger charge is -2.14. The molecular formula is C15H21NO2. The summed E-state index contributed by atoms with van der Waals surface area (Å²) in [6, 6.07) is 3.82. The van der Waals surface area contributed by atoms with Crippen LogP contribution < -0.4 is 10.5 Å². The van der Waals surface area contributed by atoms with E-state index < -0.39 is 0 Å². The number of Topliss-reactive ketones (excluding diaryl/α,β-unsaturated/α-hetero) is 1. The summed E-state index contributed by atoms with van der Waals surface area (Å²) >= 11 is 0. The fourth-order valence-electron chi connectivity index (χ4n) is 2.29. The summed E-state index contributed by atoms with van der Waals surface area (Å²) < 4.78 is 5.37. The van der Waals surface area contributed by atoms with Gasteiger partial charge < -0.3 is 10.5 Å².